The zero-order valence-corrected chi connectivity index (χ0v) is 12.6. The number of hydrogen-bond acceptors (Lipinski definition) is 4. The average molecular weight is 330 g/mol. The van der Waals surface area contributed by atoms with Crippen molar-refractivity contribution in [3.63, 3.8) is 0 Å². The Hall–Kier alpha value is -0.460. The van der Waals surface area contributed by atoms with Gasteiger partial charge in [-0.2, -0.15) is 0 Å². The van der Waals surface area contributed by atoms with E-state index in [1.54, 1.807) is 6.20 Å². The molecule has 1 aromatic rings. The lowest BCUT2D eigenvalue weighted by atomic mass is 9.80. The van der Waals surface area contributed by atoms with Gasteiger partial charge in [0, 0.05) is 18.6 Å². The molecule has 98 valence electrons. The highest BCUT2D eigenvalue weighted by atomic mass is 79.9. The van der Waals surface area contributed by atoms with Crippen LogP contribution in [0.1, 0.15) is 29.6 Å². The fourth-order valence-corrected chi connectivity index (χ4v) is 4.16. The molecule has 3 aliphatic rings. The third-order valence-corrected chi connectivity index (χ3v) is 5.52. The highest BCUT2D eigenvalue weighted by Crippen LogP contribution is 2.32. The average Bonchev–Trinajstić information content (AvgIpc) is 2.77. The molecule has 1 amide bonds. The summed E-state index contributed by atoms with van der Waals surface area (Å²) in [5, 5.41) is 3.69. The lowest BCUT2D eigenvalue weighted by Crippen LogP contribution is -2.60. The maximum Gasteiger partial charge on any atom is 0.280 e. The van der Waals surface area contributed by atoms with Crippen molar-refractivity contribution < 1.29 is 4.79 Å². The minimum absolute atomic E-state index is 0.0305. The first kappa shape index (κ1) is 12.6. The van der Waals surface area contributed by atoms with Crippen molar-refractivity contribution in [1.82, 2.24) is 15.2 Å². The Balaban J connectivity index is 1.65. The smallest absolute Gasteiger partial charge is 0.280 e. The number of thiazole rings is 1. The van der Waals surface area contributed by atoms with Crippen molar-refractivity contribution in [2.45, 2.75) is 31.8 Å². The standard InChI is InChI=1S/C12H16BrN3OS/c1-7-4-8-2-3-16(7)6-9(8)15-11(17)12-14-5-10(13)18-12/h5,7-9H,2-4,6H2,1H3,(H,15,17). The van der Waals surface area contributed by atoms with E-state index in [4.69, 9.17) is 0 Å². The molecule has 0 radical (unpaired) electrons. The van der Waals surface area contributed by atoms with Crippen LogP contribution in [0, 0.1) is 5.92 Å². The van der Waals surface area contributed by atoms with Gasteiger partial charge in [-0.15, -0.1) is 11.3 Å². The predicted octanol–water partition coefficient (Wildman–Crippen LogP) is 2.12. The van der Waals surface area contributed by atoms with Crippen LogP contribution in [0.25, 0.3) is 0 Å². The van der Waals surface area contributed by atoms with Crippen LogP contribution < -0.4 is 5.32 Å². The summed E-state index contributed by atoms with van der Waals surface area (Å²) < 4.78 is 0.898. The number of aromatic nitrogens is 1. The lowest BCUT2D eigenvalue weighted by molar-refractivity contribution is 0.0274. The Bertz CT molecular complexity index is 464. The Kier molecular flexibility index (Phi) is 3.42. The highest BCUT2D eigenvalue weighted by Gasteiger charge is 2.38. The molecule has 1 aromatic heterocycles. The molecule has 0 aliphatic carbocycles. The minimum Gasteiger partial charge on any atom is -0.346 e. The molecule has 3 aliphatic heterocycles. The van der Waals surface area contributed by atoms with Crippen LogP contribution in [0.5, 0.6) is 0 Å². The summed E-state index contributed by atoms with van der Waals surface area (Å²) in [6.07, 6.45) is 4.08. The molecule has 0 aromatic carbocycles. The van der Waals surface area contributed by atoms with Gasteiger partial charge in [0.2, 0.25) is 0 Å². The molecular formula is C12H16BrN3OS. The van der Waals surface area contributed by atoms with Crippen molar-refractivity contribution in [3.05, 3.63) is 15.0 Å². The van der Waals surface area contributed by atoms with Crippen LogP contribution in [-0.4, -0.2) is 41.0 Å². The van der Waals surface area contributed by atoms with E-state index in [9.17, 15) is 4.79 Å². The molecule has 4 atom stereocenters. The molecule has 1 N–H and O–H groups in total. The second-order valence-electron chi connectivity index (χ2n) is 5.18. The summed E-state index contributed by atoms with van der Waals surface area (Å²) in [5.74, 6) is 0.606. The van der Waals surface area contributed by atoms with Gasteiger partial charge in [0.05, 0.1) is 9.98 Å². The number of fused-ring (bicyclic) bond motifs is 3. The first-order valence-electron chi connectivity index (χ1n) is 6.29. The number of nitrogens with zero attached hydrogens (tertiary/aromatic N) is 2. The third kappa shape index (κ3) is 2.33. The predicted molar refractivity (Wildman–Crippen MR) is 74.8 cm³/mol. The Morgan fingerprint density at radius 1 is 1.67 bits per heavy atom. The molecule has 18 heavy (non-hydrogen) atoms. The maximum atomic E-state index is 12.1. The number of amides is 1. The van der Waals surface area contributed by atoms with Gasteiger partial charge in [-0.05, 0) is 48.2 Å². The van der Waals surface area contributed by atoms with Crippen molar-refractivity contribution in [3.8, 4) is 0 Å². The van der Waals surface area contributed by atoms with Gasteiger partial charge in [0.25, 0.3) is 5.91 Å². The number of rotatable bonds is 2. The monoisotopic (exact) mass is 329 g/mol. The van der Waals surface area contributed by atoms with E-state index in [-0.39, 0.29) is 5.91 Å². The summed E-state index contributed by atoms with van der Waals surface area (Å²) in [6, 6.07) is 0.969. The van der Waals surface area contributed by atoms with E-state index < -0.39 is 0 Å². The number of carbonyl (C=O) groups excluding carboxylic acids is 1. The van der Waals surface area contributed by atoms with E-state index in [2.05, 4.69) is 38.1 Å². The first-order chi connectivity index (χ1) is 8.63. The van der Waals surface area contributed by atoms with E-state index in [0.717, 1.165) is 10.3 Å². The highest BCUT2D eigenvalue weighted by molar-refractivity contribution is 9.11. The zero-order chi connectivity index (χ0) is 12.7. The van der Waals surface area contributed by atoms with E-state index in [1.165, 1.54) is 30.7 Å². The number of hydrogen-bond donors (Lipinski definition) is 1. The van der Waals surface area contributed by atoms with Gasteiger partial charge in [0.15, 0.2) is 5.01 Å². The molecule has 4 nitrogen and oxygen atoms in total. The molecular weight excluding hydrogens is 314 g/mol. The maximum absolute atomic E-state index is 12.1. The Morgan fingerprint density at radius 2 is 2.50 bits per heavy atom. The summed E-state index contributed by atoms with van der Waals surface area (Å²) >= 11 is 4.72. The minimum atomic E-state index is -0.0305. The van der Waals surface area contributed by atoms with Crippen LogP contribution in [0.3, 0.4) is 0 Å². The second-order valence-corrected chi connectivity index (χ2v) is 7.59. The lowest BCUT2D eigenvalue weighted by Gasteiger charge is -2.48. The first-order valence-corrected chi connectivity index (χ1v) is 7.90. The van der Waals surface area contributed by atoms with Crippen LogP contribution in [0.4, 0.5) is 0 Å². The van der Waals surface area contributed by atoms with Crippen LogP contribution >= 0.6 is 27.3 Å². The number of halogens is 1. The quantitative estimate of drug-likeness (QED) is 0.903. The largest absolute Gasteiger partial charge is 0.346 e. The van der Waals surface area contributed by atoms with Crippen molar-refractivity contribution in [1.29, 1.82) is 0 Å². The molecule has 3 fully saturated rings. The van der Waals surface area contributed by atoms with Crippen LogP contribution in [-0.2, 0) is 0 Å². The van der Waals surface area contributed by atoms with Gasteiger partial charge < -0.3 is 5.32 Å². The zero-order valence-electron chi connectivity index (χ0n) is 10.2. The summed E-state index contributed by atoms with van der Waals surface area (Å²) in [6.45, 7) is 4.45. The summed E-state index contributed by atoms with van der Waals surface area (Å²) in [4.78, 5) is 18.7. The molecule has 4 rings (SSSR count). The summed E-state index contributed by atoms with van der Waals surface area (Å²) in [5.41, 5.74) is 0. The van der Waals surface area contributed by atoms with Crippen molar-refractivity contribution in [2.75, 3.05) is 13.1 Å². The summed E-state index contributed by atoms with van der Waals surface area (Å²) in [7, 11) is 0. The van der Waals surface area contributed by atoms with Crippen molar-refractivity contribution in [2.24, 2.45) is 5.92 Å². The number of piperidine rings is 3. The molecule has 3 saturated heterocycles. The molecule has 0 spiro atoms. The third-order valence-electron chi connectivity index (χ3n) is 4.04. The topological polar surface area (TPSA) is 45.2 Å². The molecule has 4 heterocycles. The fourth-order valence-electron chi connectivity index (χ4n) is 3.05. The SMILES string of the molecule is CC1CC2CCN1CC2NC(=O)c1ncc(Br)s1. The van der Waals surface area contributed by atoms with Crippen LogP contribution in [0.15, 0.2) is 9.98 Å². The normalized spacial score (nSPS) is 34.6. The van der Waals surface area contributed by atoms with E-state index >= 15 is 0 Å². The second kappa shape index (κ2) is 4.90. The van der Waals surface area contributed by atoms with Crippen LogP contribution in [0.2, 0.25) is 0 Å². The Labute approximate surface area is 119 Å². The van der Waals surface area contributed by atoms with E-state index in [0.29, 0.717) is 23.0 Å². The van der Waals surface area contributed by atoms with Gasteiger partial charge in [-0.1, -0.05) is 0 Å². The van der Waals surface area contributed by atoms with Gasteiger partial charge in [-0.3, -0.25) is 9.69 Å². The Morgan fingerprint density at radius 3 is 3.06 bits per heavy atom. The van der Waals surface area contributed by atoms with Gasteiger partial charge in [-0.25, -0.2) is 4.98 Å². The molecule has 4 unspecified atom stereocenters. The molecule has 2 bridgehead atoms. The van der Waals surface area contributed by atoms with Gasteiger partial charge in [0.1, 0.15) is 0 Å². The molecule has 6 heteroatoms. The fraction of sp³-hybridized carbons (Fsp3) is 0.667. The van der Waals surface area contributed by atoms with Crippen molar-refractivity contribution >= 4 is 33.2 Å². The van der Waals surface area contributed by atoms with Gasteiger partial charge >= 0.3 is 0 Å². The van der Waals surface area contributed by atoms with E-state index in [1.807, 2.05) is 0 Å². The number of carbonyl (C=O) groups is 1. The number of nitrogens with one attached hydrogen (secondary N) is 1. The molecule has 0 saturated carbocycles.